The summed E-state index contributed by atoms with van der Waals surface area (Å²) in [7, 11) is 0. The zero-order valence-electron chi connectivity index (χ0n) is 11.2. The smallest absolute Gasteiger partial charge is 0.410 e. The van der Waals surface area contributed by atoms with E-state index in [2.05, 4.69) is 4.99 Å². The van der Waals surface area contributed by atoms with Gasteiger partial charge in [0.2, 0.25) is 0 Å². The molecule has 1 aliphatic heterocycles. The van der Waals surface area contributed by atoms with Gasteiger partial charge in [-0.2, -0.15) is 0 Å². The molecule has 1 saturated heterocycles. The molecule has 106 valence electrons. The normalized spacial score (nSPS) is 19.1. The first-order valence-corrected chi connectivity index (χ1v) is 5.81. The maximum atomic E-state index is 11.8. The van der Waals surface area contributed by atoms with Crippen molar-refractivity contribution >= 4 is 36.0 Å². The monoisotopic (exact) mass is 370 g/mol. The Kier molecular flexibility index (Phi) is 6.72. The highest BCUT2D eigenvalue weighted by atomic mass is 127. The summed E-state index contributed by atoms with van der Waals surface area (Å²) in [5.41, 5.74) is 10.1. The van der Waals surface area contributed by atoms with Crippen LogP contribution in [0.25, 0.3) is 0 Å². The third-order valence-electron chi connectivity index (χ3n) is 2.47. The van der Waals surface area contributed by atoms with E-state index in [-0.39, 0.29) is 36.0 Å². The molecule has 1 aliphatic rings. The molecule has 0 radical (unpaired) electrons. The average Bonchev–Trinajstić information content (AvgIpc) is 2.60. The second kappa shape index (κ2) is 7.01. The number of ether oxygens (including phenoxy) is 1. The van der Waals surface area contributed by atoms with Crippen molar-refractivity contribution < 1.29 is 9.53 Å². The minimum atomic E-state index is -0.449. The highest BCUT2D eigenvalue weighted by Gasteiger charge is 2.29. The Labute approximate surface area is 125 Å². The fourth-order valence-electron chi connectivity index (χ4n) is 1.71. The number of guanidine groups is 1. The number of aliphatic imine (C=N–C) groups is 1. The van der Waals surface area contributed by atoms with Crippen molar-refractivity contribution in [3.05, 3.63) is 0 Å². The molecule has 0 aromatic carbocycles. The van der Waals surface area contributed by atoms with E-state index in [1.165, 1.54) is 0 Å². The minimum absolute atomic E-state index is 0. The van der Waals surface area contributed by atoms with Crippen LogP contribution in [0, 0.1) is 5.92 Å². The van der Waals surface area contributed by atoms with Gasteiger partial charge in [0, 0.05) is 19.6 Å². The van der Waals surface area contributed by atoms with Gasteiger partial charge in [0.25, 0.3) is 0 Å². The molecule has 0 bridgehead atoms. The Morgan fingerprint density at radius 3 is 2.56 bits per heavy atom. The summed E-state index contributed by atoms with van der Waals surface area (Å²) in [6.45, 7) is 7.51. The molecule has 7 heteroatoms. The fraction of sp³-hybridized carbons (Fsp3) is 0.818. The molecule has 0 spiro atoms. The van der Waals surface area contributed by atoms with Crippen LogP contribution >= 0.6 is 24.0 Å². The molecule has 4 N–H and O–H groups in total. The SMILES string of the molecule is CC(C)(C)OC(=O)N1CCC(CN=C(N)N)C1.I. The van der Waals surface area contributed by atoms with Gasteiger partial charge in [-0.05, 0) is 33.1 Å². The quantitative estimate of drug-likeness (QED) is 0.433. The summed E-state index contributed by atoms with van der Waals surface area (Å²) in [6.07, 6.45) is 0.653. The molecule has 0 saturated carbocycles. The van der Waals surface area contributed by atoms with E-state index in [1.54, 1.807) is 4.90 Å². The molecular formula is C11H23IN4O2. The van der Waals surface area contributed by atoms with E-state index in [0.29, 0.717) is 25.6 Å². The van der Waals surface area contributed by atoms with Crippen LogP contribution in [0.4, 0.5) is 4.79 Å². The average molecular weight is 370 g/mol. The lowest BCUT2D eigenvalue weighted by Gasteiger charge is -2.24. The first-order valence-electron chi connectivity index (χ1n) is 5.81. The van der Waals surface area contributed by atoms with Gasteiger partial charge in [0.05, 0.1) is 0 Å². The first-order chi connectivity index (χ1) is 7.78. The summed E-state index contributed by atoms with van der Waals surface area (Å²) in [6, 6.07) is 0. The van der Waals surface area contributed by atoms with E-state index < -0.39 is 5.60 Å². The number of carbonyl (C=O) groups is 1. The lowest BCUT2D eigenvalue weighted by molar-refractivity contribution is 0.0289. The van der Waals surface area contributed by atoms with Crippen molar-refractivity contribution in [3.8, 4) is 0 Å². The van der Waals surface area contributed by atoms with E-state index in [0.717, 1.165) is 6.42 Å². The third-order valence-corrected chi connectivity index (χ3v) is 2.47. The highest BCUT2D eigenvalue weighted by molar-refractivity contribution is 14.0. The largest absolute Gasteiger partial charge is 0.444 e. The summed E-state index contributed by atoms with van der Waals surface area (Å²) in [4.78, 5) is 17.4. The molecule has 0 aliphatic carbocycles. The molecule has 1 heterocycles. The van der Waals surface area contributed by atoms with Gasteiger partial charge < -0.3 is 21.1 Å². The topological polar surface area (TPSA) is 93.9 Å². The second-order valence-electron chi connectivity index (χ2n) is 5.35. The fourth-order valence-corrected chi connectivity index (χ4v) is 1.71. The number of carbonyl (C=O) groups excluding carboxylic acids is 1. The summed E-state index contributed by atoms with van der Waals surface area (Å²) >= 11 is 0. The van der Waals surface area contributed by atoms with Crippen molar-refractivity contribution in [1.29, 1.82) is 0 Å². The van der Waals surface area contributed by atoms with Crippen molar-refractivity contribution in [2.75, 3.05) is 19.6 Å². The predicted molar refractivity (Wildman–Crippen MR) is 82.0 cm³/mol. The van der Waals surface area contributed by atoms with Crippen molar-refractivity contribution in [3.63, 3.8) is 0 Å². The Balaban J connectivity index is 0.00000289. The number of nitrogens with two attached hydrogens (primary N) is 2. The maximum absolute atomic E-state index is 11.8. The standard InChI is InChI=1S/C11H22N4O2.HI/c1-11(2,3)17-10(16)15-5-4-8(7-15)6-14-9(12)13;/h8H,4-7H2,1-3H3,(H4,12,13,14);1H. The lowest BCUT2D eigenvalue weighted by Crippen LogP contribution is -2.35. The molecule has 1 rings (SSSR count). The van der Waals surface area contributed by atoms with Gasteiger partial charge >= 0.3 is 6.09 Å². The predicted octanol–water partition coefficient (Wildman–Crippen LogP) is 1.13. The number of amides is 1. The van der Waals surface area contributed by atoms with Crippen LogP contribution in [-0.4, -0.2) is 42.2 Å². The van der Waals surface area contributed by atoms with E-state index in [4.69, 9.17) is 16.2 Å². The highest BCUT2D eigenvalue weighted by Crippen LogP contribution is 2.19. The molecule has 0 aromatic rings. The number of hydrogen-bond donors (Lipinski definition) is 2. The van der Waals surface area contributed by atoms with Crippen LogP contribution in [-0.2, 0) is 4.74 Å². The van der Waals surface area contributed by atoms with Crippen LogP contribution in [0.15, 0.2) is 4.99 Å². The molecule has 1 unspecified atom stereocenters. The van der Waals surface area contributed by atoms with Gasteiger partial charge in [0.15, 0.2) is 5.96 Å². The molecule has 1 amide bonds. The van der Waals surface area contributed by atoms with E-state index >= 15 is 0 Å². The van der Waals surface area contributed by atoms with E-state index in [9.17, 15) is 4.79 Å². The Hall–Kier alpha value is -0.730. The van der Waals surface area contributed by atoms with Crippen LogP contribution in [0.1, 0.15) is 27.2 Å². The van der Waals surface area contributed by atoms with Gasteiger partial charge in [-0.15, -0.1) is 24.0 Å². The van der Waals surface area contributed by atoms with Crippen LogP contribution in [0.5, 0.6) is 0 Å². The number of halogens is 1. The third kappa shape index (κ3) is 6.27. The zero-order chi connectivity index (χ0) is 13.1. The summed E-state index contributed by atoms with van der Waals surface area (Å²) in [5, 5.41) is 0. The molecule has 18 heavy (non-hydrogen) atoms. The van der Waals surface area contributed by atoms with Crippen LogP contribution in [0.2, 0.25) is 0 Å². The van der Waals surface area contributed by atoms with Gasteiger partial charge in [-0.3, -0.25) is 4.99 Å². The van der Waals surface area contributed by atoms with Gasteiger partial charge in [0.1, 0.15) is 5.60 Å². The lowest BCUT2D eigenvalue weighted by atomic mass is 10.1. The van der Waals surface area contributed by atoms with E-state index in [1.807, 2.05) is 20.8 Å². The Morgan fingerprint density at radius 1 is 1.44 bits per heavy atom. The molecular weight excluding hydrogens is 347 g/mol. The van der Waals surface area contributed by atoms with Crippen LogP contribution in [0.3, 0.4) is 0 Å². The molecule has 1 fully saturated rings. The Bertz CT molecular complexity index is 311. The second-order valence-corrected chi connectivity index (χ2v) is 5.35. The van der Waals surface area contributed by atoms with Gasteiger partial charge in [-0.25, -0.2) is 4.79 Å². The summed E-state index contributed by atoms with van der Waals surface area (Å²) in [5.74, 6) is 0.422. The number of rotatable bonds is 2. The van der Waals surface area contributed by atoms with Crippen molar-refractivity contribution in [2.24, 2.45) is 22.4 Å². The minimum Gasteiger partial charge on any atom is -0.444 e. The Morgan fingerprint density at radius 2 is 2.06 bits per heavy atom. The molecule has 6 nitrogen and oxygen atoms in total. The molecule has 0 aromatic heterocycles. The maximum Gasteiger partial charge on any atom is 0.410 e. The summed E-state index contributed by atoms with van der Waals surface area (Å²) < 4.78 is 5.30. The first kappa shape index (κ1) is 17.3. The van der Waals surface area contributed by atoms with Crippen molar-refractivity contribution in [2.45, 2.75) is 32.8 Å². The molecule has 1 atom stereocenters. The number of likely N-dealkylation sites (tertiary alicyclic amines) is 1. The van der Waals surface area contributed by atoms with Crippen LogP contribution < -0.4 is 11.5 Å². The zero-order valence-corrected chi connectivity index (χ0v) is 13.5. The number of hydrogen-bond acceptors (Lipinski definition) is 3. The van der Waals surface area contributed by atoms with Gasteiger partial charge in [-0.1, -0.05) is 0 Å². The van der Waals surface area contributed by atoms with Crippen molar-refractivity contribution in [1.82, 2.24) is 4.90 Å². The number of nitrogens with zero attached hydrogens (tertiary/aromatic N) is 2.